The van der Waals surface area contributed by atoms with Gasteiger partial charge in [-0.25, -0.2) is 0 Å². The number of nitrogens with one attached hydrogen (secondary N) is 1. The van der Waals surface area contributed by atoms with Gasteiger partial charge in [-0.1, -0.05) is 32.0 Å². The van der Waals surface area contributed by atoms with E-state index in [1.807, 2.05) is 0 Å². The monoisotopic (exact) mass is 273 g/mol. The smallest absolute Gasteiger partial charge is 0.125 e. The molecule has 0 aromatic heterocycles. The second-order valence-corrected chi connectivity index (χ2v) is 7.31. The fraction of sp³-hybridized carbons (Fsp3) is 0.667. The number of hydrogen-bond acceptors (Lipinski definition) is 2. The van der Waals surface area contributed by atoms with Gasteiger partial charge in [0.25, 0.3) is 0 Å². The number of benzene rings is 1. The summed E-state index contributed by atoms with van der Waals surface area (Å²) in [4.78, 5) is 0. The van der Waals surface area contributed by atoms with Crippen LogP contribution in [-0.4, -0.2) is 11.6 Å². The van der Waals surface area contributed by atoms with Gasteiger partial charge in [-0.2, -0.15) is 0 Å². The molecule has 3 rings (SSSR count). The van der Waals surface area contributed by atoms with Crippen LogP contribution < -0.4 is 10.1 Å². The summed E-state index contributed by atoms with van der Waals surface area (Å²) in [6, 6.07) is 9.40. The highest BCUT2D eigenvalue weighted by Gasteiger charge is 2.42. The minimum absolute atomic E-state index is 0.157. The lowest BCUT2D eigenvalue weighted by molar-refractivity contribution is 0.0824. The summed E-state index contributed by atoms with van der Waals surface area (Å²) in [5, 5.41) is 3.89. The van der Waals surface area contributed by atoms with Crippen molar-refractivity contribution in [1.29, 1.82) is 0 Å². The zero-order valence-corrected chi connectivity index (χ0v) is 13.1. The largest absolute Gasteiger partial charge is 0.486 e. The number of para-hydroxylation sites is 1. The molecule has 0 saturated heterocycles. The molecule has 1 aliphatic carbocycles. The van der Waals surface area contributed by atoms with Gasteiger partial charge >= 0.3 is 0 Å². The Morgan fingerprint density at radius 1 is 1.10 bits per heavy atom. The van der Waals surface area contributed by atoms with Crippen molar-refractivity contribution < 1.29 is 4.74 Å². The Morgan fingerprint density at radius 2 is 1.85 bits per heavy atom. The highest BCUT2D eigenvalue weighted by Crippen LogP contribution is 2.44. The number of ether oxygens (including phenoxy) is 1. The summed E-state index contributed by atoms with van der Waals surface area (Å²) in [5.74, 6) is 2.74. The zero-order chi connectivity index (χ0) is 14.3. The molecule has 4 unspecified atom stereocenters. The van der Waals surface area contributed by atoms with E-state index >= 15 is 0 Å². The molecule has 0 spiro atoms. The molecule has 1 N–H and O–H groups in total. The lowest BCUT2D eigenvalue weighted by Crippen LogP contribution is -2.45. The van der Waals surface area contributed by atoms with Gasteiger partial charge in [-0.05, 0) is 51.0 Å². The molecule has 20 heavy (non-hydrogen) atoms. The van der Waals surface area contributed by atoms with E-state index in [0.717, 1.165) is 17.6 Å². The maximum Gasteiger partial charge on any atom is 0.125 e. The van der Waals surface area contributed by atoms with Crippen molar-refractivity contribution >= 4 is 0 Å². The van der Waals surface area contributed by atoms with Crippen LogP contribution in [0.1, 0.15) is 58.6 Å². The van der Waals surface area contributed by atoms with Gasteiger partial charge in [0, 0.05) is 11.6 Å². The van der Waals surface area contributed by atoms with Crippen LogP contribution in [0.15, 0.2) is 24.3 Å². The number of rotatable bonds is 2. The zero-order valence-electron chi connectivity index (χ0n) is 13.1. The van der Waals surface area contributed by atoms with E-state index in [1.54, 1.807) is 0 Å². The first-order chi connectivity index (χ1) is 9.47. The molecule has 2 heteroatoms. The Hall–Kier alpha value is -1.02. The molecule has 110 valence electrons. The van der Waals surface area contributed by atoms with Gasteiger partial charge in [-0.15, -0.1) is 0 Å². The van der Waals surface area contributed by atoms with E-state index in [9.17, 15) is 0 Å². The molecule has 2 aliphatic rings. The highest BCUT2D eigenvalue weighted by molar-refractivity contribution is 5.42. The van der Waals surface area contributed by atoms with Gasteiger partial charge in [0.15, 0.2) is 0 Å². The second kappa shape index (κ2) is 5.07. The lowest BCUT2D eigenvalue weighted by Gasteiger charge is -2.37. The molecule has 2 nitrogen and oxygen atoms in total. The van der Waals surface area contributed by atoms with Crippen LogP contribution >= 0.6 is 0 Å². The maximum absolute atomic E-state index is 6.13. The van der Waals surface area contributed by atoms with E-state index in [2.05, 4.69) is 57.3 Å². The quantitative estimate of drug-likeness (QED) is 0.867. The fourth-order valence-corrected chi connectivity index (χ4v) is 3.75. The molecular formula is C18H27NO. The van der Waals surface area contributed by atoms with Crippen LogP contribution in [0, 0.1) is 11.8 Å². The Balaban J connectivity index is 1.76. The molecule has 0 radical (unpaired) electrons. The average molecular weight is 273 g/mol. The average Bonchev–Trinajstić information content (AvgIpc) is 2.65. The third-order valence-corrected chi connectivity index (χ3v) is 5.30. The second-order valence-electron chi connectivity index (χ2n) is 7.31. The van der Waals surface area contributed by atoms with E-state index in [1.165, 1.54) is 24.8 Å². The van der Waals surface area contributed by atoms with Gasteiger partial charge in [0.1, 0.15) is 11.4 Å². The predicted molar refractivity (Wildman–Crippen MR) is 83.0 cm³/mol. The number of fused-ring (bicyclic) bond motifs is 1. The van der Waals surface area contributed by atoms with Crippen LogP contribution in [0.2, 0.25) is 0 Å². The third kappa shape index (κ3) is 2.46. The minimum Gasteiger partial charge on any atom is -0.486 e. The molecule has 0 amide bonds. The van der Waals surface area contributed by atoms with Crippen LogP contribution in [0.5, 0.6) is 5.75 Å². The lowest BCUT2D eigenvalue weighted by atomic mass is 9.78. The minimum atomic E-state index is -0.157. The topological polar surface area (TPSA) is 21.3 Å². The van der Waals surface area contributed by atoms with E-state index in [4.69, 9.17) is 4.74 Å². The molecule has 0 bridgehead atoms. The van der Waals surface area contributed by atoms with E-state index in [0.29, 0.717) is 12.1 Å². The maximum atomic E-state index is 6.13. The summed E-state index contributed by atoms with van der Waals surface area (Å²) >= 11 is 0. The molecular weight excluding hydrogens is 246 g/mol. The molecule has 1 aromatic carbocycles. The van der Waals surface area contributed by atoms with Gasteiger partial charge < -0.3 is 10.1 Å². The van der Waals surface area contributed by atoms with Gasteiger partial charge in [-0.3, -0.25) is 0 Å². The Bertz CT molecular complexity index is 482. The fourth-order valence-electron chi connectivity index (χ4n) is 3.75. The third-order valence-electron chi connectivity index (χ3n) is 5.30. The molecule has 1 fully saturated rings. The van der Waals surface area contributed by atoms with E-state index < -0.39 is 0 Å². The van der Waals surface area contributed by atoms with E-state index in [-0.39, 0.29) is 5.60 Å². The standard InChI is InChI=1S/C18H27NO/c1-12-9-10-14(11-13(12)2)19-17-15-7-5-6-8-16(15)20-18(17,3)4/h5-8,12-14,17,19H,9-11H2,1-4H3. The van der Waals surface area contributed by atoms with Crippen LogP contribution in [0.25, 0.3) is 0 Å². The van der Waals surface area contributed by atoms with Crippen LogP contribution in [0.4, 0.5) is 0 Å². The molecule has 4 atom stereocenters. The normalized spacial score (nSPS) is 35.4. The Kier molecular flexibility index (Phi) is 3.53. The van der Waals surface area contributed by atoms with Crippen molar-refractivity contribution in [3.8, 4) is 5.75 Å². The SMILES string of the molecule is CC1CCC(NC2c3ccccc3OC2(C)C)CC1C. The van der Waals surface area contributed by atoms with Crippen LogP contribution in [-0.2, 0) is 0 Å². The van der Waals surface area contributed by atoms with Gasteiger partial charge in [0.05, 0.1) is 6.04 Å². The summed E-state index contributed by atoms with van der Waals surface area (Å²) in [7, 11) is 0. The van der Waals surface area contributed by atoms with Crippen molar-refractivity contribution in [2.75, 3.05) is 0 Å². The first-order valence-corrected chi connectivity index (χ1v) is 8.01. The Labute approximate surface area is 122 Å². The molecule has 1 saturated carbocycles. The summed E-state index contributed by atoms with van der Waals surface area (Å²) in [6.45, 7) is 9.17. The van der Waals surface area contributed by atoms with Crippen molar-refractivity contribution in [2.45, 2.75) is 64.6 Å². The van der Waals surface area contributed by atoms with Gasteiger partial charge in [0.2, 0.25) is 0 Å². The highest BCUT2D eigenvalue weighted by atomic mass is 16.5. The van der Waals surface area contributed by atoms with Crippen molar-refractivity contribution in [3.05, 3.63) is 29.8 Å². The summed E-state index contributed by atoms with van der Waals surface area (Å²) in [6.07, 6.45) is 3.92. The van der Waals surface area contributed by atoms with Crippen molar-refractivity contribution in [2.24, 2.45) is 11.8 Å². The summed E-state index contributed by atoms with van der Waals surface area (Å²) < 4.78 is 6.13. The summed E-state index contributed by atoms with van der Waals surface area (Å²) in [5.41, 5.74) is 1.17. The predicted octanol–water partition coefficient (Wildman–Crippen LogP) is 4.31. The molecule has 1 aromatic rings. The first kappa shape index (κ1) is 13.9. The molecule has 1 aliphatic heterocycles. The Morgan fingerprint density at radius 3 is 2.60 bits per heavy atom. The first-order valence-electron chi connectivity index (χ1n) is 8.01. The number of hydrogen-bond donors (Lipinski definition) is 1. The van der Waals surface area contributed by atoms with Crippen LogP contribution in [0.3, 0.4) is 0 Å². The van der Waals surface area contributed by atoms with Crippen molar-refractivity contribution in [1.82, 2.24) is 5.32 Å². The van der Waals surface area contributed by atoms with Crippen molar-refractivity contribution in [3.63, 3.8) is 0 Å². The molecule has 1 heterocycles.